The van der Waals surface area contributed by atoms with Crippen LogP contribution in [0, 0.1) is 0 Å². The van der Waals surface area contributed by atoms with Gasteiger partial charge in [-0.05, 0) is 65.7 Å². The first-order valence-electron chi connectivity index (χ1n) is 8.18. The van der Waals surface area contributed by atoms with E-state index in [2.05, 4.69) is 47.4 Å². The molecule has 1 fully saturated rings. The molecule has 1 saturated heterocycles. The SMILES string of the molecule is CC1(C)S/C(=N/N=Cc2cccc(OS(=O)(=O)c3cc(Br)ccc3Br)c2)NC1=O. The molecule has 0 unspecified atom stereocenters. The molecule has 29 heavy (non-hydrogen) atoms. The van der Waals surface area contributed by atoms with Crippen LogP contribution in [0.15, 0.2) is 66.5 Å². The zero-order valence-electron chi connectivity index (χ0n) is 15.2. The van der Waals surface area contributed by atoms with Crippen molar-refractivity contribution in [2.24, 2.45) is 10.2 Å². The van der Waals surface area contributed by atoms with Crippen molar-refractivity contribution in [3.05, 3.63) is 57.0 Å². The molecule has 0 bridgehead atoms. The van der Waals surface area contributed by atoms with E-state index in [9.17, 15) is 13.2 Å². The molecule has 0 aromatic heterocycles. The first-order chi connectivity index (χ1) is 13.6. The van der Waals surface area contributed by atoms with Gasteiger partial charge in [0.2, 0.25) is 5.91 Å². The van der Waals surface area contributed by atoms with Crippen molar-refractivity contribution in [3.63, 3.8) is 0 Å². The predicted molar refractivity (Wildman–Crippen MR) is 121 cm³/mol. The molecular formula is C18H15Br2N3O4S2. The van der Waals surface area contributed by atoms with Gasteiger partial charge in [-0.1, -0.05) is 39.8 Å². The molecule has 3 rings (SSSR count). The summed E-state index contributed by atoms with van der Waals surface area (Å²) in [6.07, 6.45) is 1.44. The smallest absolute Gasteiger partial charge is 0.340 e. The minimum Gasteiger partial charge on any atom is -0.379 e. The summed E-state index contributed by atoms with van der Waals surface area (Å²) >= 11 is 7.76. The summed E-state index contributed by atoms with van der Waals surface area (Å²) in [5.41, 5.74) is 0.587. The Balaban J connectivity index is 1.76. The highest BCUT2D eigenvalue weighted by atomic mass is 79.9. The number of rotatable bonds is 5. The van der Waals surface area contributed by atoms with E-state index in [1.54, 1.807) is 38.1 Å². The van der Waals surface area contributed by atoms with Crippen LogP contribution in [-0.4, -0.2) is 30.5 Å². The van der Waals surface area contributed by atoms with Crippen LogP contribution in [0.2, 0.25) is 0 Å². The maximum atomic E-state index is 12.6. The van der Waals surface area contributed by atoms with Crippen molar-refractivity contribution in [3.8, 4) is 5.75 Å². The highest BCUT2D eigenvalue weighted by Gasteiger charge is 2.38. The van der Waals surface area contributed by atoms with Gasteiger partial charge in [-0.2, -0.15) is 13.5 Å². The highest BCUT2D eigenvalue weighted by Crippen LogP contribution is 2.31. The lowest BCUT2D eigenvalue weighted by molar-refractivity contribution is -0.120. The van der Waals surface area contributed by atoms with Crippen molar-refractivity contribution < 1.29 is 17.4 Å². The van der Waals surface area contributed by atoms with E-state index in [1.807, 2.05) is 0 Å². The normalized spacial score (nSPS) is 17.7. The number of carbonyl (C=O) groups is 1. The fourth-order valence-corrected chi connectivity index (χ4v) is 5.48. The fraction of sp³-hybridized carbons (Fsp3) is 0.167. The van der Waals surface area contributed by atoms with E-state index in [1.165, 1.54) is 36.2 Å². The second-order valence-corrected chi connectivity index (χ2v) is 11.3. The number of hydrogen-bond donors (Lipinski definition) is 1. The van der Waals surface area contributed by atoms with Gasteiger partial charge in [0, 0.05) is 8.95 Å². The van der Waals surface area contributed by atoms with Crippen molar-refractivity contribution in [2.75, 3.05) is 0 Å². The summed E-state index contributed by atoms with van der Waals surface area (Å²) in [4.78, 5) is 11.7. The van der Waals surface area contributed by atoms with Gasteiger partial charge in [-0.3, -0.25) is 4.79 Å². The second-order valence-electron chi connectivity index (χ2n) is 6.40. The molecule has 7 nitrogen and oxygen atoms in total. The number of hydrogen-bond acceptors (Lipinski definition) is 7. The fourth-order valence-electron chi connectivity index (χ4n) is 2.24. The maximum absolute atomic E-state index is 12.6. The van der Waals surface area contributed by atoms with Gasteiger partial charge >= 0.3 is 10.1 Å². The largest absolute Gasteiger partial charge is 0.379 e. The Kier molecular flexibility index (Phi) is 6.51. The number of amides is 1. The minimum atomic E-state index is -4.04. The van der Waals surface area contributed by atoms with Crippen LogP contribution in [0.3, 0.4) is 0 Å². The summed E-state index contributed by atoms with van der Waals surface area (Å²) in [6, 6.07) is 11.2. The molecule has 152 valence electrons. The monoisotopic (exact) mass is 559 g/mol. The van der Waals surface area contributed by atoms with Crippen molar-refractivity contribution in [1.29, 1.82) is 0 Å². The molecule has 1 heterocycles. The van der Waals surface area contributed by atoms with Crippen LogP contribution >= 0.6 is 43.6 Å². The van der Waals surface area contributed by atoms with Crippen molar-refractivity contribution >= 4 is 71.0 Å². The van der Waals surface area contributed by atoms with Crippen molar-refractivity contribution in [1.82, 2.24) is 5.32 Å². The van der Waals surface area contributed by atoms with E-state index in [-0.39, 0.29) is 16.6 Å². The Morgan fingerprint density at radius 2 is 1.93 bits per heavy atom. The van der Waals surface area contributed by atoms with Crippen LogP contribution in [-0.2, 0) is 14.9 Å². The Bertz CT molecular complexity index is 1130. The lowest BCUT2D eigenvalue weighted by Crippen LogP contribution is -2.30. The Hall–Kier alpha value is -1.69. The number of benzene rings is 2. The summed E-state index contributed by atoms with van der Waals surface area (Å²) in [6.45, 7) is 3.59. The van der Waals surface area contributed by atoms with Crippen molar-refractivity contribution in [2.45, 2.75) is 23.5 Å². The van der Waals surface area contributed by atoms with Crippen LogP contribution in [0.25, 0.3) is 0 Å². The summed E-state index contributed by atoms with van der Waals surface area (Å²) < 4.78 is 30.9. The van der Waals surface area contributed by atoms with Gasteiger partial charge in [0.15, 0.2) is 5.17 Å². The van der Waals surface area contributed by atoms with Crippen LogP contribution in [0.5, 0.6) is 5.75 Å². The molecule has 0 spiro atoms. The van der Waals surface area contributed by atoms with Gasteiger partial charge in [0.25, 0.3) is 0 Å². The summed E-state index contributed by atoms with van der Waals surface area (Å²) in [7, 11) is -4.04. The quantitative estimate of drug-likeness (QED) is 0.334. The Morgan fingerprint density at radius 3 is 2.62 bits per heavy atom. The third-order valence-corrected chi connectivity index (χ3v) is 7.51. The number of carbonyl (C=O) groups excluding carboxylic acids is 1. The van der Waals surface area contributed by atoms with Gasteiger partial charge in [-0.15, -0.1) is 5.10 Å². The molecule has 2 aromatic rings. The highest BCUT2D eigenvalue weighted by molar-refractivity contribution is 9.11. The number of thioether (sulfide) groups is 1. The molecule has 2 aromatic carbocycles. The maximum Gasteiger partial charge on any atom is 0.340 e. The third kappa shape index (κ3) is 5.47. The Labute approximate surface area is 189 Å². The van der Waals surface area contributed by atoms with E-state index in [0.717, 1.165) is 0 Å². The molecule has 1 N–H and O–H groups in total. The standard InChI is InChI=1S/C18H15Br2N3O4S2/c1-18(2)16(24)22-17(28-18)23-21-10-11-4-3-5-13(8-11)27-29(25,26)15-9-12(19)6-7-14(15)20/h3-10H,1-2H3,(H,22,23,24). The van der Waals surface area contributed by atoms with Gasteiger partial charge in [0.1, 0.15) is 10.6 Å². The third-order valence-electron chi connectivity index (χ3n) is 3.70. The van der Waals surface area contributed by atoms with E-state index in [0.29, 0.717) is 19.7 Å². The minimum absolute atomic E-state index is 0.00830. The Morgan fingerprint density at radius 1 is 1.17 bits per heavy atom. The lowest BCUT2D eigenvalue weighted by atomic mass is 10.2. The average Bonchev–Trinajstić information content (AvgIpc) is 2.89. The number of nitrogens with one attached hydrogen (secondary N) is 1. The topological polar surface area (TPSA) is 97.2 Å². The zero-order valence-corrected chi connectivity index (χ0v) is 20.0. The van der Waals surface area contributed by atoms with Crippen LogP contribution in [0.1, 0.15) is 19.4 Å². The predicted octanol–water partition coefficient (Wildman–Crippen LogP) is 4.31. The average molecular weight is 561 g/mol. The number of amidine groups is 1. The lowest BCUT2D eigenvalue weighted by Gasteiger charge is -2.09. The molecule has 0 atom stereocenters. The number of nitrogens with zero attached hydrogens (tertiary/aromatic N) is 2. The van der Waals surface area contributed by atoms with E-state index >= 15 is 0 Å². The second kappa shape index (κ2) is 8.58. The molecule has 1 amide bonds. The van der Waals surface area contributed by atoms with Crippen LogP contribution in [0.4, 0.5) is 0 Å². The molecule has 11 heteroatoms. The van der Waals surface area contributed by atoms with Gasteiger partial charge in [0.05, 0.1) is 11.0 Å². The molecule has 1 aliphatic rings. The van der Waals surface area contributed by atoms with E-state index in [4.69, 9.17) is 4.18 Å². The molecular weight excluding hydrogens is 546 g/mol. The summed E-state index contributed by atoms with van der Waals surface area (Å²) in [5.74, 6) is 0.00826. The first kappa shape index (κ1) is 22.0. The molecule has 0 aliphatic carbocycles. The van der Waals surface area contributed by atoms with Crippen LogP contribution < -0.4 is 9.50 Å². The summed E-state index contributed by atoms with van der Waals surface area (Å²) in [5, 5.41) is 11.0. The van der Waals surface area contributed by atoms with Gasteiger partial charge < -0.3 is 9.50 Å². The molecule has 0 radical (unpaired) electrons. The number of halogens is 2. The molecule has 1 aliphatic heterocycles. The molecule has 0 saturated carbocycles. The first-order valence-corrected chi connectivity index (χ1v) is 12.0. The van der Waals surface area contributed by atoms with Gasteiger partial charge in [-0.25, -0.2) is 0 Å². The van der Waals surface area contributed by atoms with E-state index < -0.39 is 14.9 Å². The zero-order chi connectivity index (χ0) is 21.2.